The van der Waals surface area contributed by atoms with Crippen molar-refractivity contribution in [2.75, 3.05) is 26.3 Å². The first-order chi connectivity index (χ1) is 12.1. The molecule has 2 aliphatic heterocycles. The summed E-state index contributed by atoms with van der Waals surface area (Å²) in [5.74, 6) is 0.0492. The van der Waals surface area contributed by atoms with Crippen LogP contribution in [0.25, 0.3) is 5.69 Å². The number of benzene rings is 1. The summed E-state index contributed by atoms with van der Waals surface area (Å²) in [4.78, 5) is 14.5. The molecule has 2 atom stereocenters. The van der Waals surface area contributed by atoms with Crippen LogP contribution in [0.2, 0.25) is 0 Å². The van der Waals surface area contributed by atoms with Gasteiger partial charge in [-0.2, -0.15) is 5.10 Å². The molecule has 0 spiro atoms. The van der Waals surface area contributed by atoms with Gasteiger partial charge in [0.2, 0.25) is 5.91 Å². The highest BCUT2D eigenvalue weighted by atomic mass is 16.5. The van der Waals surface area contributed by atoms with E-state index in [0.29, 0.717) is 13.2 Å². The molecule has 2 aliphatic rings. The summed E-state index contributed by atoms with van der Waals surface area (Å²) in [5, 5.41) is 7.66. The van der Waals surface area contributed by atoms with Crippen molar-refractivity contribution >= 4 is 5.91 Å². The number of carbonyl (C=O) groups is 1. The van der Waals surface area contributed by atoms with Crippen molar-refractivity contribution in [3.8, 4) is 5.69 Å². The minimum atomic E-state index is -0.0771. The zero-order valence-electron chi connectivity index (χ0n) is 14.7. The first-order valence-corrected chi connectivity index (χ1v) is 8.81. The van der Waals surface area contributed by atoms with Crippen molar-refractivity contribution in [1.82, 2.24) is 20.0 Å². The second-order valence-corrected chi connectivity index (χ2v) is 7.14. The Morgan fingerprint density at radius 2 is 2.12 bits per heavy atom. The molecule has 1 aromatic heterocycles. The van der Waals surface area contributed by atoms with Crippen LogP contribution in [0.3, 0.4) is 0 Å². The number of rotatable bonds is 3. The second kappa shape index (κ2) is 6.61. The van der Waals surface area contributed by atoms with Gasteiger partial charge in [-0.3, -0.25) is 9.69 Å². The lowest BCUT2D eigenvalue weighted by Crippen LogP contribution is -2.41. The summed E-state index contributed by atoms with van der Waals surface area (Å²) in [6, 6.07) is 10.7. The number of carbonyl (C=O) groups excluding carboxylic acids is 1. The first kappa shape index (κ1) is 16.3. The lowest BCUT2D eigenvalue weighted by molar-refractivity contribution is -0.125. The maximum Gasteiger partial charge on any atom is 0.227 e. The maximum atomic E-state index is 12.1. The van der Waals surface area contributed by atoms with Gasteiger partial charge in [0.1, 0.15) is 0 Å². The predicted octanol–water partition coefficient (Wildman–Crippen LogP) is 1.44. The average molecular weight is 340 g/mol. The molecule has 1 aromatic carbocycles. The van der Waals surface area contributed by atoms with Gasteiger partial charge in [0, 0.05) is 25.3 Å². The number of fused-ring (bicyclic) bond motifs is 3. The zero-order valence-corrected chi connectivity index (χ0v) is 14.7. The van der Waals surface area contributed by atoms with E-state index in [9.17, 15) is 4.79 Å². The number of hydrogen-bond donors (Lipinski definition) is 1. The Morgan fingerprint density at radius 3 is 2.92 bits per heavy atom. The van der Waals surface area contributed by atoms with Gasteiger partial charge in [0.05, 0.1) is 36.6 Å². The van der Waals surface area contributed by atoms with E-state index in [1.54, 1.807) is 0 Å². The highest BCUT2D eigenvalue weighted by Gasteiger charge is 2.33. The molecule has 2 fully saturated rings. The van der Waals surface area contributed by atoms with Crippen molar-refractivity contribution < 1.29 is 9.53 Å². The summed E-state index contributed by atoms with van der Waals surface area (Å²) in [5.41, 5.74) is 4.47. The van der Waals surface area contributed by atoms with E-state index in [2.05, 4.69) is 52.6 Å². The molecule has 2 saturated heterocycles. The summed E-state index contributed by atoms with van der Waals surface area (Å²) < 4.78 is 7.58. The van der Waals surface area contributed by atoms with Gasteiger partial charge >= 0.3 is 0 Å². The molecule has 132 valence electrons. The Balaban J connectivity index is 1.54. The molecule has 0 radical (unpaired) electrons. The van der Waals surface area contributed by atoms with E-state index >= 15 is 0 Å². The van der Waals surface area contributed by atoms with Crippen LogP contribution in [0.4, 0.5) is 0 Å². The first-order valence-electron chi connectivity index (χ1n) is 8.81. The molecule has 0 unspecified atom stereocenters. The van der Waals surface area contributed by atoms with Crippen LogP contribution in [-0.4, -0.2) is 52.9 Å². The van der Waals surface area contributed by atoms with Gasteiger partial charge in [-0.05, 0) is 37.6 Å². The fourth-order valence-corrected chi connectivity index (χ4v) is 3.78. The van der Waals surface area contributed by atoms with Gasteiger partial charge in [-0.25, -0.2) is 4.68 Å². The number of aryl methyl sites for hydroxylation is 2. The van der Waals surface area contributed by atoms with Gasteiger partial charge in [0.25, 0.3) is 0 Å². The topological polar surface area (TPSA) is 59.4 Å². The van der Waals surface area contributed by atoms with Gasteiger partial charge in [0.15, 0.2) is 0 Å². The molecule has 6 nitrogen and oxygen atoms in total. The summed E-state index contributed by atoms with van der Waals surface area (Å²) in [6.45, 7) is 7.60. The smallest absolute Gasteiger partial charge is 0.227 e. The third-order valence-electron chi connectivity index (χ3n) is 4.88. The highest BCUT2D eigenvalue weighted by Crippen LogP contribution is 2.19. The van der Waals surface area contributed by atoms with Crippen LogP contribution in [0, 0.1) is 19.8 Å². The number of nitrogens with one attached hydrogen (secondary N) is 1. The van der Waals surface area contributed by atoms with E-state index in [-0.39, 0.29) is 17.9 Å². The Hall–Kier alpha value is -2.18. The largest absolute Gasteiger partial charge is 0.378 e. The van der Waals surface area contributed by atoms with Crippen LogP contribution in [0.1, 0.15) is 17.0 Å². The molecule has 2 bridgehead atoms. The predicted molar refractivity (Wildman–Crippen MR) is 94.6 cm³/mol. The number of amides is 1. The Bertz CT molecular complexity index is 785. The SMILES string of the molecule is Cc1cc(C)n(-c2cccc(CN3C[C@H]4COC[C@@H](C3)C(=O)N4)c2)n1. The number of aromatic nitrogens is 2. The minimum Gasteiger partial charge on any atom is -0.378 e. The monoisotopic (exact) mass is 340 g/mol. The molecule has 0 saturated carbocycles. The summed E-state index contributed by atoms with van der Waals surface area (Å²) >= 11 is 0. The van der Waals surface area contributed by atoms with Gasteiger partial charge in [-0.15, -0.1) is 0 Å². The van der Waals surface area contributed by atoms with Crippen molar-refractivity contribution in [1.29, 1.82) is 0 Å². The molecule has 4 rings (SSSR count). The Kier molecular flexibility index (Phi) is 4.31. The second-order valence-electron chi connectivity index (χ2n) is 7.14. The molecular formula is C19H24N4O2. The highest BCUT2D eigenvalue weighted by molar-refractivity contribution is 5.79. The molecule has 25 heavy (non-hydrogen) atoms. The Labute approximate surface area is 147 Å². The molecular weight excluding hydrogens is 316 g/mol. The van der Waals surface area contributed by atoms with Crippen molar-refractivity contribution in [3.05, 3.63) is 47.3 Å². The van der Waals surface area contributed by atoms with Crippen LogP contribution in [0.5, 0.6) is 0 Å². The lowest BCUT2D eigenvalue weighted by atomic mass is 10.1. The quantitative estimate of drug-likeness (QED) is 0.918. The molecule has 0 aliphatic carbocycles. The zero-order chi connectivity index (χ0) is 17.4. The molecule has 6 heteroatoms. The van der Waals surface area contributed by atoms with E-state index in [4.69, 9.17) is 4.74 Å². The molecule has 3 heterocycles. The fourth-order valence-electron chi connectivity index (χ4n) is 3.78. The van der Waals surface area contributed by atoms with E-state index in [0.717, 1.165) is 36.7 Å². The maximum absolute atomic E-state index is 12.1. The molecule has 1 N–H and O–H groups in total. The van der Waals surface area contributed by atoms with Crippen LogP contribution < -0.4 is 5.32 Å². The number of nitrogens with zero attached hydrogens (tertiary/aromatic N) is 3. The van der Waals surface area contributed by atoms with E-state index < -0.39 is 0 Å². The van der Waals surface area contributed by atoms with E-state index in [1.807, 2.05) is 11.6 Å². The lowest BCUT2D eigenvalue weighted by Gasteiger charge is -2.27. The third-order valence-corrected chi connectivity index (χ3v) is 4.88. The number of ether oxygens (including phenoxy) is 1. The minimum absolute atomic E-state index is 0.0771. The van der Waals surface area contributed by atoms with Crippen LogP contribution >= 0.6 is 0 Å². The summed E-state index contributed by atoms with van der Waals surface area (Å²) in [6.07, 6.45) is 0. The number of hydrogen-bond acceptors (Lipinski definition) is 4. The van der Waals surface area contributed by atoms with Crippen LogP contribution in [-0.2, 0) is 16.1 Å². The van der Waals surface area contributed by atoms with Crippen molar-refractivity contribution in [3.63, 3.8) is 0 Å². The molecule has 1 amide bonds. The van der Waals surface area contributed by atoms with Crippen molar-refractivity contribution in [2.24, 2.45) is 5.92 Å². The van der Waals surface area contributed by atoms with E-state index in [1.165, 1.54) is 5.56 Å². The standard InChI is InChI=1S/C19H24N4O2/c1-13-6-14(2)23(21-13)18-5-3-4-15(7-18)8-22-9-16-11-25-12-17(10-22)20-19(16)24/h3-7,16-17H,8-12H2,1-2H3,(H,20,24)/t16-,17+/m1/s1. The third kappa shape index (κ3) is 3.45. The van der Waals surface area contributed by atoms with Gasteiger partial charge < -0.3 is 10.1 Å². The van der Waals surface area contributed by atoms with Crippen molar-refractivity contribution in [2.45, 2.75) is 26.4 Å². The van der Waals surface area contributed by atoms with Crippen LogP contribution in [0.15, 0.2) is 30.3 Å². The fraction of sp³-hybridized carbons (Fsp3) is 0.474. The molecule has 2 aromatic rings. The normalized spacial score (nSPS) is 24.0. The van der Waals surface area contributed by atoms with Gasteiger partial charge in [-0.1, -0.05) is 12.1 Å². The summed E-state index contributed by atoms with van der Waals surface area (Å²) in [7, 11) is 0. The Morgan fingerprint density at radius 1 is 1.24 bits per heavy atom. The average Bonchev–Trinajstić information content (AvgIpc) is 2.71.